The lowest BCUT2D eigenvalue weighted by molar-refractivity contribution is -0.171. The van der Waals surface area contributed by atoms with Crippen molar-refractivity contribution in [2.75, 3.05) is 11.4 Å². The highest BCUT2D eigenvalue weighted by Crippen LogP contribution is 2.34. The van der Waals surface area contributed by atoms with Crippen molar-refractivity contribution in [3.05, 3.63) is 29.6 Å². The van der Waals surface area contributed by atoms with E-state index in [1.807, 2.05) is 5.32 Å². The molecule has 0 saturated carbocycles. The summed E-state index contributed by atoms with van der Waals surface area (Å²) in [6, 6.07) is 2.40. The van der Waals surface area contributed by atoms with E-state index in [9.17, 15) is 27.2 Å². The number of halogens is 4. The van der Waals surface area contributed by atoms with Gasteiger partial charge in [-0.15, -0.1) is 0 Å². The molecule has 0 spiro atoms. The summed E-state index contributed by atoms with van der Waals surface area (Å²) < 4.78 is 51.6. The van der Waals surface area contributed by atoms with Crippen LogP contribution in [0.2, 0.25) is 0 Å². The fraction of sp³-hybridized carbons (Fsp3) is 0.467. The van der Waals surface area contributed by atoms with Crippen molar-refractivity contribution in [3.8, 4) is 0 Å². The number of carbonyl (C=O) groups excluding carboxylic acids is 2. The largest absolute Gasteiger partial charge is 0.408 e. The molecule has 3 rings (SSSR count). The average Bonchev–Trinajstić information content (AvgIpc) is 2.91. The smallest absolute Gasteiger partial charge is 0.344 e. The van der Waals surface area contributed by atoms with Crippen LogP contribution in [0.25, 0.3) is 0 Å². The van der Waals surface area contributed by atoms with Crippen molar-refractivity contribution in [1.82, 2.24) is 5.32 Å². The summed E-state index contributed by atoms with van der Waals surface area (Å²) in [4.78, 5) is 25.7. The quantitative estimate of drug-likeness (QED) is 0.634. The third kappa shape index (κ3) is 2.77. The Morgan fingerprint density at radius 1 is 1.26 bits per heavy atom. The lowest BCUT2D eigenvalue weighted by Gasteiger charge is -2.31. The summed E-state index contributed by atoms with van der Waals surface area (Å²) >= 11 is 0. The maximum atomic E-state index is 13.7. The van der Waals surface area contributed by atoms with Crippen LogP contribution in [0, 0.1) is 11.7 Å². The van der Waals surface area contributed by atoms with E-state index in [2.05, 4.69) is 0 Å². The molecule has 0 bridgehead atoms. The molecule has 2 atom stereocenters. The molecule has 1 aromatic carbocycles. The topological polar surface area (TPSA) is 49.4 Å². The zero-order valence-corrected chi connectivity index (χ0v) is 12.0. The highest BCUT2D eigenvalue weighted by Gasteiger charge is 2.47. The van der Waals surface area contributed by atoms with Gasteiger partial charge in [0.1, 0.15) is 17.8 Å². The van der Waals surface area contributed by atoms with Crippen molar-refractivity contribution in [1.29, 1.82) is 0 Å². The van der Waals surface area contributed by atoms with Gasteiger partial charge in [-0.25, -0.2) is 4.39 Å². The number of hydrogen-bond acceptors (Lipinski definition) is 2. The summed E-state index contributed by atoms with van der Waals surface area (Å²) in [6.45, 7) is 0.224. The Bertz CT molecular complexity index is 659. The Hall–Kier alpha value is -2.12. The molecular weight excluding hydrogens is 316 g/mol. The molecule has 124 valence electrons. The molecule has 2 heterocycles. The minimum absolute atomic E-state index is 0.171. The van der Waals surface area contributed by atoms with Gasteiger partial charge in [0.2, 0.25) is 11.8 Å². The molecule has 1 saturated heterocycles. The minimum Gasteiger partial charge on any atom is -0.344 e. The highest BCUT2D eigenvalue weighted by molar-refractivity contribution is 6.09. The zero-order chi connectivity index (χ0) is 16.8. The first-order valence-corrected chi connectivity index (χ1v) is 7.25. The molecule has 2 amide bonds. The molecule has 4 nitrogen and oxygen atoms in total. The van der Waals surface area contributed by atoms with Crippen LogP contribution in [0.4, 0.5) is 23.2 Å². The first-order valence-electron chi connectivity index (χ1n) is 7.25. The summed E-state index contributed by atoms with van der Waals surface area (Å²) in [7, 11) is 0. The van der Waals surface area contributed by atoms with Gasteiger partial charge in [-0.2, -0.15) is 13.2 Å². The molecular formula is C15H14F4N2O2. The van der Waals surface area contributed by atoms with Gasteiger partial charge in [0, 0.05) is 17.8 Å². The molecule has 1 N–H and O–H groups in total. The first kappa shape index (κ1) is 15.8. The number of amides is 2. The zero-order valence-electron chi connectivity index (χ0n) is 12.0. The van der Waals surface area contributed by atoms with Gasteiger partial charge in [0.15, 0.2) is 0 Å². The molecule has 2 aliphatic heterocycles. The molecule has 0 aliphatic carbocycles. The Kier molecular flexibility index (Phi) is 3.77. The summed E-state index contributed by atoms with van der Waals surface area (Å²) in [5, 5.41) is 1.86. The van der Waals surface area contributed by atoms with E-state index in [0.717, 1.165) is 0 Å². The maximum Gasteiger partial charge on any atom is 0.408 e. The van der Waals surface area contributed by atoms with Gasteiger partial charge in [0.05, 0.1) is 0 Å². The standard InChI is InChI=1S/C15H14F4N2O2/c16-10-2-1-3-11-8(10)6-7-21(11)14(23)9-4-5-12(15(17,18)19)20-13(9)22/h1-3,9,12H,4-7H2,(H,20,22). The number of anilines is 1. The molecule has 0 radical (unpaired) electrons. The maximum absolute atomic E-state index is 13.7. The Labute approximate surface area is 129 Å². The normalized spacial score (nSPS) is 24.3. The fourth-order valence-corrected chi connectivity index (χ4v) is 3.10. The average molecular weight is 330 g/mol. The number of nitrogens with one attached hydrogen (secondary N) is 1. The molecule has 23 heavy (non-hydrogen) atoms. The van der Waals surface area contributed by atoms with Crippen LogP contribution in [0.15, 0.2) is 18.2 Å². The van der Waals surface area contributed by atoms with Crippen LogP contribution in [0.1, 0.15) is 18.4 Å². The molecule has 1 aromatic rings. The Balaban J connectivity index is 1.76. The summed E-state index contributed by atoms with van der Waals surface area (Å²) in [5.41, 5.74) is 0.783. The van der Waals surface area contributed by atoms with E-state index in [1.165, 1.54) is 17.0 Å². The van der Waals surface area contributed by atoms with E-state index >= 15 is 0 Å². The highest BCUT2D eigenvalue weighted by atomic mass is 19.4. The van der Waals surface area contributed by atoms with Gasteiger partial charge in [-0.05, 0) is 31.4 Å². The number of rotatable bonds is 1. The number of hydrogen-bond donors (Lipinski definition) is 1. The SMILES string of the molecule is O=C1NC(C(F)(F)F)CCC1C(=O)N1CCc2c(F)cccc21. The second-order valence-corrected chi connectivity index (χ2v) is 5.71. The Morgan fingerprint density at radius 3 is 2.65 bits per heavy atom. The molecule has 2 aliphatic rings. The number of piperidine rings is 1. The predicted octanol–water partition coefficient (Wildman–Crippen LogP) is 2.17. The van der Waals surface area contributed by atoms with Crippen molar-refractivity contribution in [2.24, 2.45) is 5.92 Å². The lowest BCUT2D eigenvalue weighted by Crippen LogP contribution is -2.55. The molecule has 2 unspecified atom stereocenters. The van der Waals surface area contributed by atoms with E-state index in [4.69, 9.17) is 0 Å². The lowest BCUT2D eigenvalue weighted by atomic mass is 9.92. The van der Waals surface area contributed by atoms with Crippen molar-refractivity contribution >= 4 is 17.5 Å². The van der Waals surface area contributed by atoms with Crippen LogP contribution in [0.3, 0.4) is 0 Å². The second-order valence-electron chi connectivity index (χ2n) is 5.71. The van der Waals surface area contributed by atoms with Crippen LogP contribution < -0.4 is 10.2 Å². The third-order valence-electron chi connectivity index (χ3n) is 4.31. The number of alkyl halides is 3. The van der Waals surface area contributed by atoms with Crippen molar-refractivity contribution in [3.63, 3.8) is 0 Å². The first-order chi connectivity index (χ1) is 10.8. The monoisotopic (exact) mass is 330 g/mol. The fourth-order valence-electron chi connectivity index (χ4n) is 3.10. The third-order valence-corrected chi connectivity index (χ3v) is 4.31. The Morgan fingerprint density at radius 2 is 2.00 bits per heavy atom. The predicted molar refractivity (Wildman–Crippen MR) is 73.2 cm³/mol. The van der Waals surface area contributed by atoms with Crippen LogP contribution in [-0.4, -0.2) is 30.6 Å². The van der Waals surface area contributed by atoms with Gasteiger partial charge < -0.3 is 10.2 Å². The summed E-state index contributed by atoms with van der Waals surface area (Å²) in [6.07, 6.45) is -4.70. The number of fused-ring (bicyclic) bond motifs is 1. The minimum atomic E-state index is -4.52. The summed E-state index contributed by atoms with van der Waals surface area (Å²) in [5.74, 6) is -3.09. The van der Waals surface area contributed by atoms with E-state index in [1.54, 1.807) is 6.07 Å². The van der Waals surface area contributed by atoms with E-state index < -0.39 is 35.8 Å². The molecule has 0 aromatic heterocycles. The molecule has 8 heteroatoms. The van der Waals surface area contributed by atoms with E-state index in [0.29, 0.717) is 17.7 Å². The van der Waals surface area contributed by atoms with E-state index in [-0.39, 0.29) is 19.4 Å². The van der Waals surface area contributed by atoms with Crippen molar-refractivity contribution < 1.29 is 27.2 Å². The van der Waals surface area contributed by atoms with Crippen molar-refractivity contribution in [2.45, 2.75) is 31.5 Å². The van der Waals surface area contributed by atoms with Crippen LogP contribution in [0.5, 0.6) is 0 Å². The van der Waals surface area contributed by atoms with Gasteiger partial charge >= 0.3 is 6.18 Å². The number of carbonyl (C=O) groups is 2. The molecule has 1 fully saturated rings. The number of benzene rings is 1. The van der Waals surface area contributed by atoms with Crippen LogP contribution >= 0.6 is 0 Å². The number of nitrogens with zero attached hydrogens (tertiary/aromatic N) is 1. The van der Waals surface area contributed by atoms with Crippen LogP contribution in [-0.2, 0) is 16.0 Å². The van der Waals surface area contributed by atoms with Gasteiger partial charge in [0.25, 0.3) is 0 Å². The van der Waals surface area contributed by atoms with Gasteiger partial charge in [-0.1, -0.05) is 6.07 Å². The second kappa shape index (κ2) is 5.50. The van der Waals surface area contributed by atoms with Gasteiger partial charge in [-0.3, -0.25) is 9.59 Å².